The highest BCUT2D eigenvalue weighted by molar-refractivity contribution is 6.00. The van der Waals surface area contributed by atoms with Gasteiger partial charge in [0, 0.05) is 43.2 Å². The fraction of sp³-hybridized carbons (Fsp3) is 0.396. The van der Waals surface area contributed by atoms with E-state index in [2.05, 4.69) is 26.3 Å². The molecule has 0 spiro atoms. The Kier molecular flexibility index (Phi) is 16.1. The molecule has 360 valence electrons. The predicted molar refractivity (Wildman–Crippen MR) is 245 cm³/mol. The van der Waals surface area contributed by atoms with Crippen molar-refractivity contribution in [1.82, 2.24) is 31.2 Å². The van der Waals surface area contributed by atoms with Crippen molar-refractivity contribution >= 4 is 29.5 Å². The van der Waals surface area contributed by atoms with Crippen LogP contribution in [0, 0.1) is 18.3 Å². The smallest absolute Gasteiger partial charge is 0.398 e. The summed E-state index contributed by atoms with van der Waals surface area (Å²) >= 11 is 0. The topological polar surface area (TPSA) is 270 Å². The number of rotatable bonds is 16. The second-order valence-corrected chi connectivity index (χ2v) is 16.7. The highest BCUT2D eigenvalue weighted by Gasteiger charge is 2.64. The van der Waals surface area contributed by atoms with Gasteiger partial charge in [-0.05, 0) is 92.7 Å². The normalized spacial score (nSPS) is 18.1. The molecule has 1 unspecified atom stereocenters. The summed E-state index contributed by atoms with van der Waals surface area (Å²) < 4.78 is 53.4. The van der Waals surface area contributed by atoms with Gasteiger partial charge in [0.1, 0.15) is 55.4 Å². The van der Waals surface area contributed by atoms with Gasteiger partial charge in [-0.3, -0.25) is 29.0 Å². The second-order valence-electron chi connectivity index (χ2n) is 16.7. The van der Waals surface area contributed by atoms with E-state index < -0.39 is 65.3 Å². The molecular formula is C48H55F3N10O7. The lowest BCUT2D eigenvalue weighted by Gasteiger charge is -2.32. The van der Waals surface area contributed by atoms with Crippen molar-refractivity contribution in [3.05, 3.63) is 101 Å². The minimum Gasteiger partial charge on any atom is -0.492 e. The fourth-order valence-electron chi connectivity index (χ4n) is 8.15. The first-order valence-corrected chi connectivity index (χ1v) is 22.1. The summed E-state index contributed by atoms with van der Waals surface area (Å²) in [6.45, 7) is 3.17. The monoisotopic (exact) mass is 940 g/mol. The van der Waals surface area contributed by atoms with E-state index in [0.717, 1.165) is 4.90 Å². The molecule has 0 radical (unpaired) electrons. The van der Waals surface area contributed by atoms with Crippen LogP contribution in [0.15, 0.2) is 72.8 Å². The minimum atomic E-state index is -4.36. The number of nitrogens with one attached hydrogen (secondary N) is 4. The number of hydrogen-bond acceptors (Lipinski definition) is 12. The number of ether oxygens (including phenoxy) is 2. The lowest BCUT2D eigenvalue weighted by atomic mass is 9.93. The van der Waals surface area contributed by atoms with Crippen molar-refractivity contribution in [2.45, 2.75) is 75.3 Å². The summed E-state index contributed by atoms with van der Waals surface area (Å²) in [4.78, 5) is 75.9. The number of aryl methyl sites for hydroxylation is 1. The molecule has 2 heterocycles. The molecule has 2 aliphatic rings. The number of amides is 5. The number of nitrogens with zero attached hydrogens (tertiary/aromatic N) is 3. The summed E-state index contributed by atoms with van der Waals surface area (Å²) in [7, 11) is 1.37. The van der Waals surface area contributed by atoms with Gasteiger partial charge < -0.3 is 52.8 Å². The Morgan fingerprint density at radius 2 is 1.56 bits per heavy atom. The first-order chi connectivity index (χ1) is 32.5. The maximum Gasteiger partial charge on any atom is 0.398 e. The zero-order valence-corrected chi connectivity index (χ0v) is 37.9. The highest BCUT2D eigenvalue weighted by atomic mass is 19.4. The summed E-state index contributed by atoms with van der Waals surface area (Å²) in [5.41, 5.74) is 19.0. The van der Waals surface area contributed by atoms with Gasteiger partial charge in [0.2, 0.25) is 23.6 Å². The number of benzene rings is 3. The number of nitriles is 1. The molecule has 10 N–H and O–H groups in total. The Bertz CT molecular complexity index is 2560. The molecule has 4 atom stereocenters. The quantitative estimate of drug-likeness (QED) is 0.0800. The number of halogens is 3. The number of aromatic nitrogens is 1. The van der Waals surface area contributed by atoms with Crippen molar-refractivity contribution in [3.8, 4) is 40.0 Å². The number of carbonyl (C=O) groups excluding carboxylic acids is 5. The Hall–Kier alpha value is -7.08. The first kappa shape index (κ1) is 50.3. The van der Waals surface area contributed by atoms with Crippen LogP contribution in [0.4, 0.5) is 13.2 Å². The molecule has 20 heteroatoms. The average molecular weight is 941 g/mol. The number of alkyl halides is 3. The summed E-state index contributed by atoms with van der Waals surface area (Å²) in [5.74, 6) is -2.87. The standard InChI is InChI=1S/C48H55F3N10O7/c1-27-33(10-11-36(57-27)30-5-8-32(9-6-30)47(15-16-47)48(49,50)51)43(63)59-37(14-17-52)46(66)61(3)41-31-7-13-40(68-23-20-55)35(26-31)34-24-29(4-12-39(34)67-22-19-54)25-38(44(64)56-21-18-53)60-42(62)28(2)58-45(41)65/h4-13,24,26,28,37-38,41H,14-17,19-23,25,52,54-55H2,1-3H3,(H,56,64)(H,58,65)(H,59,63)(H,60,62)/t28-,37?,38-,41-/m0/s1. The van der Waals surface area contributed by atoms with Crippen LogP contribution in [0.1, 0.15) is 65.0 Å². The van der Waals surface area contributed by atoms with E-state index >= 15 is 0 Å². The molecule has 5 amide bonds. The number of likely N-dealkylation sites (N-methyl/N-ethyl adjacent to an activating group) is 1. The summed E-state index contributed by atoms with van der Waals surface area (Å²) in [6, 6.07) is 15.7. The van der Waals surface area contributed by atoms with E-state index in [1.807, 2.05) is 6.07 Å². The molecular weight excluding hydrogens is 886 g/mol. The van der Waals surface area contributed by atoms with Gasteiger partial charge in [-0.2, -0.15) is 18.4 Å². The van der Waals surface area contributed by atoms with E-state index in [0.29, 0.717) is 39.4 Å². The van der Waals surface area contributed by atoms with Crippen LogP contribution >= 0.6 is 0 Å². The van der Waals surface area contributed by atoms with Crippen molar-refractivity contribution in [2.24, 2.45) is 17.2 Å². The van der Waals surface area contributed by atoms with Gasteiger partial charge in [-0.1, -0.05) is 36.4 Å². The van der Waals surface area contributed by atoms with Gasteiger partial charge in [0.15, 0.2) is 0 Å². The molecule has 3 aromatic carbocycles. The largest absolute Gasteiger partial charge is 0.492 e. The molecule has 17 nitrogen and oxygen atoms in total. The van der Waals surface area contributed by atoms with Crippen LogP contribution in [-0.2, 0) is 31.0 Å². The zero-order chi connectivity index (χ0) is 49.3. The first-order valence-electron chi connectivity index (χ1n) is 22.1. The van der Waals surface area contributed by atoms with Crippen LogP contribution in [0.5, 0.6) is 11.5 Å². The molecule has 68 heavy (non-hydrogen) atoms. The summed E-state index contributed by atoms with van der Waals surface area (Å²) in [6.07, 6.45) is -4.38. The molecule has 1 fully saturated rings. The second kappa shape index (κ2) is 21.7. The SMILES string of the molecule is Cc1nc(-c2ccc(C3(C(F)(F)F)CC3)cc2)ccc1C(=O)NC(CCN)C(=O)N(C)[C@@H]1C(=O)N[C@@H](C)C(=O)N[C@H](C(=O)NCC#N)Cc2ccc(OCCN)c(c2)-c2cc1ccc2OCCN. The third-order valence-corrected chi connectivity index (χ3v) is 12.0. The maximum absolute atomic E-state index is 14.6. The van der Waals surface area contributed by atoms with Crippen LogP contribution in [-0.4, -0.2) is 110 Å². The van der Waals surface area contributed by atoms with Crippen molar-refractivity contribution in [3.63, 3.8) is 0 Å². The lowest BCUT2D eigenvalue weighted by molar-refractivity contribution is -0.160. The zero-order valence-electron chi connectivity index (χ0n) is 37.9. The molecule has 4 bridgehead atoms. The van der Waals surface area contributed by atoms with E-state index in [4.69, 9.17) is 31.9 Å². The lowest BCUT2D eigenvalue weighted by Crippen LogP contribution is -2.56. The Morgan fingerprint density at radius 1 is 0.912 bits per heavy atom. The number of pyridine rings is 1. The molecule has 1 saturated carbocycles. The van der Waals surface area contributed by atoms with Crippen LogP contribution in [0.3, 0.4) is 0 Å². The molecule has 4 aromatic rings. The fourth-order valence-corrected chi connectivity index (χ4v) is 8.15. The van der Waals surface area contributed by atoms with Gasteiger partial charge in [0.05, 0.1) is 28.4 Å². The highest BCUT2D eigenvalue weighted by Crippen LogP contribution is 2.59. The van der Waals surface area contributed by atoms with Crippen molar-refractivity contribution < 1.29 is 46.6 Å². The Labute approximate surface area is 391 Å². The number of nitrogens with two attached hydrogens (primary N) is 3. The van der Waals surface area contributed by atoms with Gasteiger partial charge in [-0.25, -0.2) is 0 Å². The van der Waals surface area contributed by atoms with E-state index in [9.17, 15) is 37.1 Å². The van der Waals surface area contributed by atoms with E-state index in [1.165, 1.54) is 32.2 Å². The molecule has 1 aromatic heterocycles. The molecule has 1 aliphatic heterocycles. The molecule has 6 rings (SSSR count). The van der Waals surface area contributed by atoms with E-state index in [-0.39, 0.29) is 87.5 Å². The number of hydrogen-bond donors (Lipinski definition) is 7. The van der Waals surface area contributed by atoms with Crippen molar-refractivity contribution in [2.75, 3.05) is 46.4 Å². The molecule has 0 saturated heterocycles. The Balaban J connectivity index is 1.35. The third-order valence-electron chi connectivity index (χ3n) is 12.0. The minimum absolute atomic E-state index is 0.0248. The van der Waals surface area contributed by atoms with Gasteiger partial charge >= 0.3 is 6.18 Å². The number of fused-ring (bicyclic) bond motifs is 5. The molecule has 1 aliphatic carbocycles. The van der Waals surface area contributed by atoms with Crippen LogP contribution in [0.2, 0.25) is 0 Å². The third kappa shape index (κ3) is 11.2. The van der Waals surface area contributed by atoms with Crippen molar-refractivity contribution in [1.29, 1.82) is 5.26 Å². The van der Waals surface area contributed by atoms with E-state index in [1.54, 1.807) is 61.5 Å². The van der Waals surface area contributed by atoms with Gasteiger partial charge in [0.25, 0.3) is 5.91 Å². The number of carbonyl (C=O) groups is 5. The summed E-state index contributed by atoms with van der Waals surface area (Å²) in [5, 5.41) is 19.7. The van der Waals surface area contributed by atoms with Crippen LogP contribution < -0.4 is 47.9 Å². The van der Waals surface area contributed by atoms with Gasteiger partial charge in [-0.15, -0.1) is 0 Å². The average Bonchev–Trinajstić information content (AvgIpc) is 4.14. The maximum atomic E-state index is 14.6. The Morgan fingerprint density at radius 3 is 2.15 bits per heavy atom. The van der Waals surface area contributed by atoms with Crippen LogP contribution in [0.25, 0.3) is 22.4 Å². The predicted octanol–water partition coefficient (Wildman–Crippen LogP) is 2.83.